The van der Waals surface area contributed by atoms with Crippen LogP contribution in [-0.4, -0.2) is 11.8 Å². The number of fused-ring (bicyclic) bond motifs is 1. The number of nitrogens with one attached hydrogen (secondary N) is 1. The number of thiophene rings is 1. The number of anilines is 1. The molecule has 1 aliphatic carbocycles. The molecule has 144 valence electrons. The summed E-state index contributed by atoms with van der Waals surface area (Å²) < 4.78 is 5.70. The van der Waals surface area contributed by atoms with E-state index < -0.39 is 11.8 Å². The maximum atomic E-state index is 12.7. The lowest BCUT2D eigenvalue weighted by atomic mass is 10.1. The monoisotopic (exact) mass is 414 g/mol. The summed E-state index contributed by atoms with van der Waals surface area (Å²) in [5, 5.41) is 3.91. The summed E-state index contributed by atoms with van der Waals surface area (Å²) in [4.78, 5) is 25.9. The Morgan fingerprint density at radius 3 is 2.71 bits per heavy atom. The highest BCUT2D eigenvalue weighted by Crippen LogP contribution is 2.37. The minimum absolute atomic E-state index is 0.161. The Hall–Kier alpha value is -2.57. The van der Waals surface area contributed by atoms with Gasteiger partial charge in [-0.2, -0.15) is 0 Å². The average molecular weight is 415 g/mol. The Morgan fingerprint density at radius 1 is 1.11 bits per heavy atom. The standard InChI is InChI=1S/C21H19ClN2O3S/c22-13-6-4-5-12(11-13)15-9-10-16(27-15)20(26)24-21-18(19(23)25)14-7-2-1-3-8-17(14)28-21/h4-6,9-11H,1-3,7-8H2,(H2,23,25)(H,24,26). The fraction of sp³-hybridized carbons (Fsp3) is 0.238. The summed E-state index contributed by atoms with van der Waals surface area (Å²) in [6, 6.07) is 10.5. The molecule has 0 radical (unpaired) electrons. The van der Waals surface area contributed by atoms with Gasteiger partial charge in [-0.25, -0.2) is 0 Å². The molecular weight excluding hydrogens is 396 g/mol. The van der Waals surface area contributed by atoms with Gasteiger partial charge in [-0.05, 0) is 55.5 Å². The number of hydrogen-bond donors (Lipinski definition) is 2. The molecule has 7 heteroatoms. The number of nitrogens with two attached hydrogens (primary N) is 1. The van der Waals surface area contributed by atoms with Crippen molar-refractivity contribution in [3.05, 3.63) is 63.2 Å². The molecule has 4 rings (SSSR count). The molecule has 0 atom stereocenters. The molecule has 2 heterocycles. The number of aryl methyl sites for hydroxylation is 1. The van der Waals surface area contributed by atoms with Crippen LogP contribution in [0.2, 0.25) is 5.02 Å². The lowest BCUT2D eigenvalue weighted by molar-refractivity contribution is 0.0998. The van der Waals surface area contributed by atoms with Gasteiger partial charge in [-0.15, -0.1) is 11.3 Å². The number of benzene rings is 1. The lowest BCUT2D eigenvalue weighted by Gasteiger charge is -2.05. The van der Waals surface area contributed by atoms with Crippen molar-refractivity contribution in [3.63, 3.8) is 0 Å². The van der Waals surface area contributed by atoms with E-state index in [0.29, 0.717) is 21.3 Å². The summed E-state index contributed by atoms with van der Waals surface area (Å²) in [7, 11) is 0. The highest BCUT2D eigenvalue weighted by Gasteiger charge is 2.25. The zero-order valence-corrected chi connectivity index (χ0v) is 16.7. The number of primary amides is 1. The molecule has 0 bridgehead atoms. The Morgan fingerprint density at radius 2 is 1.93 bits per heavy atom. The van der Waals surface area contributed by atoms with Crippen LogP contribution in [-0.2, 0) is 12.8 Å². The highest BCUT2D eigenvalue weighted by atomic mass is 35.5. The quantitative estimate of drug-likeness (QED) is 0.569. The Balaban J connectivity index is 1.60. The summed E-state index contributed by atoms with van der Waals surface area (Å²) in [6.45, 7) is 0. The topological polar surface area (TPSA) is 85.3 Å². The van der Waals surface area contributed by atoms with E-state index in [-0.39, 0.29) is 5.76 Å². The minimum atomic E-state index is -0.506. The second-order valence-corrected chi connectivity index (χ2v) is 8.30. The fourth-order valence-electron chi connectivity index (χ4n) is 3.51. The first-order valence-corrected chi connectivity index (χ1v) is 10.3. The molecule has 0 unspecified atom stereocenters. The Kier molecular flexibility index (Phi) is 5.24. The maximum Gasteiger partial charge on any atom is 0.292 e. The van der Waals surface area contributed by atoms with Gasteiger partial charge in [0.1, 0.15) is 10.8 Å². The molecule has 3 aromatic rings. The second kappa shape index (κ2) is 7.81. The van der Waals surface area contributed by atoms with Gasteiger partial charge >= 0.3 is 0 Å². The Labute approximate surface area is 171 Å². The van der Waals surface area contributed by atoms with E-state index in [1.807, 2.05) is 12.1 Å². The molecule has 3 N–H and O–H groups in total. The van der Waals surface area contributed by atoms with E-state index in [2.05, 4.69) is 5.32 Å². The van der Waals surface area contributed by atoms with Crippen molar-refractivity contribution < 1.29 is 14.0 Å². The molecule has 0 saturated heterocycles. The molecule has 5 nitrogen and oxygen atoms in total. The average Bonchev–Trinajstić information content (AvgIpc) is 3.21. The second-order valence-electron chi connectivity index (χ2n) is 6.76. The number of halogens is 1. The van der Waals surface area contributed by atoms with E-state index in [4.69, 9.17) is 21.8 Å². The van der Waals surface area contributed by atoms with Crippen LogP contribution in [0.15, 0.2) is 40.8 Å². The normalized spacial score (nSPS) is 13.6. The first-order chi connectivity index (χ1) is 13.5. The molecule has 1 aliphatic rings. The summed E-state index contributed by atoms with van der Waals surface area (Å²) >= 11 is 7.46. The summed E-state index contributed by atoms with van der Waals surface area (Å²) in [6.07, 6.45) is 4.98. The SMILES string of the molecule is NC(=O)c1c(NC(=O)c2ccc(-c3cccc(Cl)c3)o2)sc2c1CCCCC2. The van der Waals surface area contributed by atoms with Crippen LogP contribution in [0.25, 0.3) is 11.3 Å². The van der Waals surface area contributed by atoms with Crippen molar-refractivity contribution in [2.45, 2.75) is 32.1 Å². The van der Waals surface area contributed by atoms with E-state index in [1.165, 1.54) is 11.3 Å². The van der Waals surface area contributed by atoms with Gasteiger partial charge in [0.25, 0.3) is 11.8 Å². The number of rotatable bonds is 4. The summed E-state index contributed by atoms with van der Waals surface area (Å²) in [5.41, 5.74) is 7.84. The van der Waals surface area contributed by atoms with E-state index in [9.17, 15) is 9.59 Å². The van der Waals surface area contributed by atoms with Crippen molar-refractivity contribution in [1.29, 1.82) is 0 Å². The van der Waals surface area contributed by atoms with Crippen LogP contribution in [0.3, 0.4) is 0 Å². The fourth-order valence-corrected chi connectivity index (χ4v) is 4.99. The zero-order chi connectivity index (χ0) is 19.7. The third-order valence-corrected chi connectivity index (χ3v) is 6.28. The van der Waals surface area contributed by atoms with E-state index >= 15 is 0 Å². The highest BCUT2D eigenvalue weighted by molar-refractivity contribution is 7.17. The molecule has 1 aromatic carbocycles. The summed E-state index contributed by atoms with van der Waals surface area (Å²) in [5.74, 6) is -0.209. The minimum Gasteiger partial charge on any atom is -0.451 e. The smallest absolute Gasteiger partial charge is 0.292 e. The van der Waals surface area contributed by atoms with Crippen LogP contribution in [0, 0.1) is 0 Å². The molecule has 0 fully saturated rings. The van der Waals surface area contributed by atoms with E-state index in [1.54, 1.807) is 24.3 Å². The Bertz CT molecular complexity index is 1050. The van der Waals surface area contributed by atoms with Crippen molar-refractivity contribution >= 4 is 39.8 Å². The van der Waals surface area contributed by atoms with Crippen molar-refractivity contribution in [1.82, 2.24) is 0 Å². The molecule has 0 aliphatic heterocycles. The van der Waals surface area contributed by atoms with Crippen molar-refractivity contribution in [2.75, 3.05) is 5.32 Å². The largest absolute Gasteiger partial charge is 0.451 e. The van der Waals surface area contributed by atoms with Gasteiger partial charge < -0.3 is 15.5 Å². The molecular formula is C21H19ClN2O3S. The van der Waals surface area contributed by atoms with Gasteiger partial charge in [0.2, 0.25) is 0 Å². The molecule has 2 amide bonds. The molecule has 0 saturated carbocycles. The van der Waals surface area contributed by atoms with Gasteiger partial charge in [0.15, 0.2) is 5.76 Å². The number of carbonyl (C=O) groups excluding carboxylic acids is 2. The number of hydrogen-bond acceptors (Lipinski definition) is 4. The van der Waals surface area contributed by atoms with Crippen molar-refractivity contribution in [2.24, 2.45) is 5.73 Å². The molecule has 28 heavy (non-hydrogen) atoms. The van der Waals surface area contributed by atoms with E-state index in [0.717, 1.165) is 48.1 Å². The predicted molar refractivity (Wildman–Crippen MR) is 111 cm³/mol. The first kappa shape index (κ1) is 18.8. The zero-order valence-electron chi connectivity index (χ0n) is 15.1. The van der Waals surface area contributed by atoms with Gasteiger partial charge in [0.05, 0.1) is 5.56 Å². The van der Waals surface area contributed by atoms with Crippen LogP contribution >= 0.6 is 22.9 Å². The first-order valence-electron chi connectivity index (χ1n) is 9.14. The van der Waals surface area contributed by atoms with Crippen LogP contribution in [0.5, 0.6) is 0 Å². The van der Waals surface area contributed by atoms with Crippen LogP contribution < -0.4 is 11.1 Å². The molecule has 0 spiro atoms. The maximum absolute atomic E-state index is 12.7. The number of carbonyl (C=O) groups is 2. The van der Waals surface area contributed by atoms with Gasteiger partial charge in [-0.3, -0.25) is 9.59 Å². The predicted octanol–water partition coefficient (Wildman–Crippen LogP) is 5.28. The number of furan rings is 1. The third-order valence-electron chi connectivity index (χ3n) is 4.83. The van der Waals surface area contributed by atoms with Gasteiger partial charge in [0, 0.05) is 15.5 Å². The lowest BCUT2D eigenvalue weighted by Crippen LogP contribution is -2.17. The third kappa shape index (κ3) is 3.70. The van der Waals surface area contributed by atoms with Crippen molar-refractivity contribution in [3.8, 4) is 11.3 Å². The molecule has 2 aromatic heterocycles. The van der Waals surface area contributed by atoms with Crippen LogP contribution in [0.4, 0.5) is 5.00 Å². The van der Waals surface area contributed by atoms with Crippen LogP contribution in [0.1, 0.15) is 50.6 Å². The van der Waals surface area contributed by atoms with Gasteiger partial charge in [-0.1, -0.05) is 30.2 Å². The number of amides is 2.